The molecule has 0 aliphatic rings. The third kappa shape index (κ3) is 4.40. The first-order valence-corrected chi connectivity index (χ1v) is 6.80. The molecule has 0 aliphatic carbocycles. The van der Waals surface area contributed by atoms with Crippen molar-refractivity contribution in [3.05, 3.63) is 58.3 Å². The van der Waals surface area contributed by atoms with Crippen LogP contribution >= 0.6 is 23.2 Å². The Hall–Kier alpha value is -1.78. The van der Waals surface area contributed by atoms with Gasteiger partial charge in [0.1, 0.15) is 0 Å². The lowest BCUT2D eigenvalue weighted by Gasteiger charge is -2.08. The van der Waals surface area contributed by atoms with Crippen LogP contribution in [0.1, 0.15) is 5.56 Å². The quantitative estimate of drug-likeness (QED) is 0.845. The van der Waals surface area contributed by atoms with Crippen molar-refractivity contribution in [1.82, 2.24) is 10.3 Å². The van der Waals surface area contributed by atoms with Crippen molar-refractivity contribution in [1.29, 1.82) is 0 Å². The minimum absolute atomic E-state index is 0.262. The molecule has 0 fully saturated rings. The lowest BCUT2D eigenvalue weighted by Crippen LogP contribution is -2.30. The van der Waals surface area contributed by atoms with Crippen LogP contribution < -0.4 is 10.6 Å². The fourth-order valence-electron chi connectivity index (χ4n) is 1.66. The van der Waals surface area contributed by atoms with Crippen LogP contribution in [0.25, 0.3) is 0 Å². The summed E-state index contributed by atoms with van der Waals surface area (Å²) >= 11 is 11.7. The van der Waals surface area contributed by atoms with Crippen molar-refractivity contribution in [3.8, 4) is 0 Å². The zero-order valence-electron chi connectivity index (χ0n) is 10.6. The highest BCUT2D eigenvalue weighted by molar-refractivity contribution is 6.32. The molecule has 1 heterocycles. The van der Waals surface area contributed by atoms with Gasteiger partial charge in [0.15, 0.2) is 5.15 Å². The molecule has 0 radical (unpaired) electrons. The number of rotatable bonds is 4. The van der Waals surface area contributed by atoms with Gasteiger partial charge in [-0.05, 0) is 36.2 Å². The topological polar surface area (TPSA) is 54.0 Å². The number of halogens is 2. The molecule has 0 atom stereocenters. The second kappa shape index (κ2) is 7.12. The van der Waals surface area contributed by atoms with Crippen molar-refractivity contribution in [3.63, 3.8) is 0 Å². The monoisotopic (exact) mass is 309 g/mol. The number of pyridine rings is 1. The second-order valence-corrected chi connectivity index (χ2v) is 4.90. The van der Waals surface area contributed by atoms with Crippen LogP contribution in [0.3, 0.4) is 0 Å². The van der Waals surface area contributed by atoms with Crippen molar-refractivity contribution in [2.75, 3.05) is 11.9 Å². The second-order valence-electron chi connectivity index (χ2n) is 4.10. The molecule has 0 aliphatic heterocycles. The molecule has 1 aromatic heterocycles. The van der Waals surface area contributed by atoms with E-state index in [9.17, 15) is 4.79 Å². The van der Waals surface area contributed by atoms with Gasteiger partial charge in [0.05, 0.1) is 5.69 Å². The van der Waals surface area contributed by atoms with Crippen molar-refractivity contribution in [2.45, 2.75) is 6.42 Å². The minimum Gasteiger partial charge on any atom is -0.338 e. The van der Waals surface area contributed by atoms with E-state index in [0.29, 0.717) is 23.7 Å². The van der Waals surface area contributed by atoms with Crippen LogP contribution in [-0.4, -0.2) is 17.6 Å². The maximum atomic E-state index is 11.7. The third-order valence-electron chi connectivity index (χ3n) is 2.60. The molecule has 2 N–H and O–H groups in total. The molecule has 0 spiro atoms. The molecule has 1 aromatic carbocycles. The number of carbonyl (C=O) groups excluding carboxylic acids is 1. The number of aromatic nitrogens is 1. The zero-order chi connectivity index (χ0) is 14.4. The van der Waals surface area contributed by atoms with Gasteiger partial charge in [-0.15, -0.1) is 0 Å². The Morgan fingerprint density at radius 1 is 1.20 bits per heavy atom. The van der Waals surface area contributed by atoms with E-state index in [4.69, 9.17) is 23.2 Å². The smallest absolute Gasteiger partial charge is 0.319 e. The fourth-order valence-corrected chi connectivity index (χ4v) is 2.04. The number of amides is 2. The first kappa shape index (κ1) is 14.6. The molecule has 2 aromatic rings. The Kier molecular flexibility index (Phi) is 5.21. The van der Waals surface area contributed by atoms with Crippen LogP contribution in [0.4, 0.5) is 10.5 Å². The molecule has 0 unspecified atom stereocenters. The van der Waals surface area contributed by atoms with Gasteiger partial charge in [-0.25, -0.2) is 9.78 Å². The summed E-state index contributed by atoms with van der Waals surface area (Å²) in [5.74, 6) is 0. The highest BCUT2D eigenvalue weighted by atomic mass is 35.5. The lowest BCUT2D eigenvalue weighted by atomic mass is 10.1. The molecule has 0 bridgehead atoms. The first-order chi connectivity index (χ1) is 9.65. The number of benzene rings is 1. The standard InChI is InChI=1S/C14H13Cl2N3O/c15-11-4-1-3-10(9-11)6-8-18-14(20)19-12-5-2-7-17-13(12)16/h1-5,7,9H,6,8H2,(H2,18,19,20). The maximum Gasteiger partial charge on any atom is 0.319 e. The average Bonchev–Trinajstić information content (AvgIpc) is 2.41. The number of anilines is 1. The normalized spacial score (nSPS) is 10.1. The van der Waals surface area contributed by atoms with Gasteiger partial charge in [-0.1, -0.05) is 35.3 Å². The highest BCUT2D eigenvalue weighted by Crippen LogP contribution is 2.17. The van der Waals surface area contributed by atoms with Crippen molar-refractivity contribution >= 4 is 34.9 Å². The molecule has 0 saturated heterocycles. The largest absolute Gasteiger partial charge is 0.338 e. The Morgan fingerprint density at radius 3 is 2.80 bits per heavy atom. The Bertz CT molecular complexity index is 604. The summed E-state index contributed by atoms with van der Waals surface area (Å²) in [5.41, 5.74) is 1.55. The number of urea groups is 1. The summed E-state index contributed by atoms with van der Waals surface area (Å²) in [6, 6.07) is 10.6. The summed E-state index contributed by atoms with van der Waals surface area (Å²) in [6.45, 7) is 0.504. The fraction of sp³-hybridized carbons (Fsp3) is 0.143. The van der Waals surface area contributed by atoms with Gasteiger partial charge in [0, 0.05) is 17.8 Å². The van der Waals surface area contributed by atoms with Crippen molar-refractivity contribution in [2.24, 2.45) is 0 Å². The first-order valence-electron chi connectivity index (χ1n) is 6.05. The summed E-state index contributed by atoms with van der Waals surface area (Å²) in [5, 5.41) is 6.33. The summed E-state index contributed by atoms with van der Waals surface area (Å²) in [4.78, 5) is 15.6. The van der Waals surface area contributed by atoms with Gasteiger partial charge in [-0.3, -0.25) is 0 Å². The predicted octanol–water partition coefficient (Wildman–Crippen LogP) is 3.75. The molecule has 2 rings (SSSR count). The highest BCUT2D eigenvalue weighted by Gasteiger charge is 2.05. The number of carbonyl (C=O) groups is 1. The number of hydrogen-bond acceptors (Lipinski definition) is 2. The van der Waals surface area contributed by atoms with Gasteiger partial charge < -0.3 is 10.6 Å². The molecular weight excluding hydrogens is 297 g/mol. The van der Waals surface area contributed by atoms with E-state index in [1.54, 1.807) is 18.3 Å². The van der Waals surface area contributed by atoms with Crippen molar-refractivity contribution < 1.29 is 4.79 Å². The molecule has 104 valence electrons. The van der Waals surface area contributed by atoms with E-state index < -0.39 is 0 Å². The van der Waals surface area contributed by atoms with Crippen LogP contribution in [0.2, 0.25) is 10.2 Å². The van der Waals surface area contributed by atoms with Gasteiger partial charge in [0.25, 0.3) is 0 Å². The van der Waals surface area contributed by atoms with E-state index in [0.717, 1.165) is 5.56 Å². The molecule has 2 amide bonds. The zero-order valence-corrected chi connectivity index (χ0v) is 12.1. The predicted molar refractivity (Wildman–Crippen MR) is 81.4 cm³/mol. The Labute approximate surface area is 127 Å². The van der Waals surface area contributed by atoms with E-state index in [1.165, 1.54) is 0 Å². The summed E-state index contributed by atoms with van der Waals surface area (Å²) in [7, 11) is 0. The molecule has 20 heavy (non-hydrogen) atoms. The number of hydrogen-bond donors (Lipinski definition) is 2. The third-order valence-corrected chi connectivity index (χ3v) is 3.13. The van der Waals surface area contributed by atoms with Gasteiger partial charge >= 0.3 is 6.03 Å². The lowest BCUT2D eigenvalue weighted by molar-refractivity contribution is 0.252. The average molecular weight is 310 g/mol. The minimum atomic E-state index is -0.318. The summed E-state index contributed by atoms with van der Waals surface area (Å²) in [6.07, 6.45) is 2.26. The Morgan fingerprint density at radius 2 is 2.05 bits per heavy atom. The number of nitrogens with one attached hydrogen (secondary N) is 2. The molecule has 6 heteroatoms. The van der Waals surface area contributed by atoms with Crippen LogP contribution in [0.15, 0.2) is 42.6 Å². The molecule has 0 saturated carbocycles. The van der Waals surface area contributed by atoms with Crippen LogP contribution in [0.5, 0.6) is 0 Å². The van der Waals surface area contributed by atoms with Gasteiger partial charge in [0.2, 0.25) is 0 Å². The van der Waals surface area contributed by atoms with Crippen LogP contribution in [0, 0.1) is 0 Å². The van der Waals surface area contributed by atoms with E-state index in [2.05, 4.69) is 15.6 Å². The summed E-state index contributed by atoms with van der Waals surface area (Å²) < 4.78 is 0. The SMILES string of the molecule is O=C(NCCc1cccc(Cl)c1)Nc1cccnc1Cl. The molecular formula is C14H13Cl2N3O. The molecule has 4 nitrogen and oxygen atoms in total. The van der Waals surface area contributed by atoms with Gasteiger partial charge in [-0.2, -0.15) is 0 Å². The van der Waals surface area contributed by atoms with E-state index in [1.807, 2.05) is 24.3 Å². The number of nitrogens with zero attached hydrogens (tertiary/aromatic N) is 1. The maximum absolute atomic E-state index is 11.7. The van der Waals surface area contributed by atoms with Crippen LogP contribution in [-0.2, 0) is 6.42 Å². The van der Waals surface area contributed by atoms with E-state index >= 15 is 0 Å². The Balaban J connectivity index is 1.80. The van der Waals surface area contributed by atoms with E-state index in [-0.39, 0.29) is 11.2 Å².